The maximum atomic E-state index is 4.84. The molecule has 1 atom stereocenters. The SMILES string of the molecule is CNCc1c(C)cc(C)nc1N1CCCC(N(C)C)C1. The first kappa shape index (κ1) is 15.3. The van der Waals surface area contributed by atoms with Crippen LogP contribution in [0.1, 0.15) is 29.7 Å². The van der Waals surface area contributed by atoms with E-state index >= 15 is 0 Å². The van der Waals surface area contributed by atoms with Crippen molar-refractivity contribution in [1.82, 2.24) is 15.2 Å². The van der Waals surface area contributed by atoms with Gasteiger partial charge in [-0.15, -0.1) is 0 Å². The molecule has 0 aromatic carbocycles. The summed E-state index contributed by atoms with van der Waals surface area (Å²) in [5, 5.41) is 3.28. The summed E-state index contributed by atoms with van der Waals surface area (Å²) in [6.07, 6.45) is 2.53. The minimum atomic E-state index is 0.633. The molecule has 4 heteroatoms. The molecule has 4 nitrogen and oxygen atoms in total. The van der Waals surface area contributed by atoms with Crippen molar-refractivity contribution in [2.24, 2.45) is 0 Å². The van der Waals surface area contributed by atoms with E-state index < -0.39 is 0 Å². The van der Waals surface area contributed by atoms with Crippen LogP contribution < -0.4 is 10.2 Å². The highest BCUT2D eigenvalue weighted by molar-refractivity contribution is 5.52. The number of hydrogen-bond donors (Lipinski definition) is 1. The average Bonchev–Trinajstić information content (AvgIpc) is 2.41. The smallest absolute Gasteiger partial charge is 0.133 e. The molecule has 0 spiro atoms. The highest BCUT2D eigenvalue weighted by atomic mass is 15.2. The van der Waals surface area contributed by atoms with Crippen molar-refractivity contribution in [3.8, 4) is 0 Å². The van der Waals surface area contributed by atoms with Crippen LogP contribution in [0.25, 0.3) is 0 Å². The summed E-state index contributed by atoms with van der Waals surface area (Å²) < 4.78 is 0. The second-order valence-electron chi connectivity index (χ2n) is 6.12. The van der Waals surface area contributed by atoms with Gasteiger partial charge < -0.3 is 15.1 Å². The number of rotatable bonds is 4. The van der Waals surface area contributed by atoms with Gasteiger partial charge in [-0.2, -0.15) is 0 Å². The van der Waals surface area contributed by atoms with Crippen LogP contribution in [0.4, 0.5) is 5.82 Å². The Morgan fingerprint density at radius 1 is 1.40 bits per heavy atom. The molecule has 1 aliphatic heterocycles. The molecule has 0 amide bonds. The number of pyridine rings is 1. The molecule has 0 aliphatic carbocycles. The van der Waals surface area contributed by atoms with Crippen molar-refractivity contribution < 1.29 is 0 Å². The summed E-state index contributed by atoms with van der Waals surface area (Å²) in [4.78, 5) is 9.65. The zero-order valence-electron chi connectivity index (χ0n) is 13.5. The molecule has 1 aromatic heterocycles. The molecule has 1 saturated heterocycles. The van der Waals surface area contributed by atoms with Crippen molar-refractivity contribution in [3.63, 3.8) is 0 Å². The molecule has 20 heavy (non-hydrogen) atoms. The Hall–Kier alpha value is -1.13. The molecule has 1 aromatic rings. The van der Waals surface area contributed by atoms with Crippen LogP contribution in [-0.2, 0) is 6.54 Å². The minimum absolute atomic E-state index is 0.633. The van der Waals surface area contributed by atoms with Crippen molar-refractivity contribution in [2.75, 3.05) is 39.1 Å². The van der Waals surface area contributed by atoms with Crippen LogP contribution in [0.5, 0.6) is 0 Å². The largest absolute Gasteiger partial charge is 0.355 e. The molecular formula is C16H28N4. The van der Waals surface area contributed by atoms with E-state index in [4.69, 9.17) is 4.98 Å². The molecule has 1 N–H and O–H groups in total. The minimum Gasteiger partial charge on any atom is -0.355 e. The number of likely N-dealkylation sites (N-methyl/N-ethyl adjacent to an activating group) is 1. The lowest BCUT2D eigenvalue weighted by Crippen LogP contribution is -2.46. The van der Waals surface area contributed by atoms with Gasteiger partial charge in [0.25, 0.3) is 0 Å². The lowest BCUT2D eigenvalue weighted by molar-refractivity contribution is 0.257. The maximum absolute atomic E-state index is 4.84. The normalized spacial score (nSPS) is 19.7. The Kier molecular flexibility index (Phi) is 5.00. The molecule has 0 bridgehead atoms. The van der Waals surface area contributed by atoms with E-state index in [9.17, 15) is 0 Å². The first-order valence-electron chi connectivity index (χ1n) is 7.56. The van der Waals surface area contributed by atoms with Gasteiger partial charge in [-0.1, -0.05) is 0 Å². The number of hydrogen-bond acceptors (Lipinski definition) is 4. The van der Waals surface area contributed by atoms with Gasteiger partial charge in [0.05, 0.1) is 0 Å². The number of nitrogens with zero attached hydrogens (tertiary/aromatic N) is 3. The molecular weight excluding hydrogens is 248 g/mol. The van der Waals surface area contributed by atoms with Crippen LogP contribution in [0, 0.1) is 13.8 Å². The van der Waals surface area contributed by atoms with Gasteiger partial charge in [-0.3, -0.25) is 0 Å². The van der Waals surface area contributed by atoms with Crippen molar-refractivity contribution in [1.29, 1.82) is 0 Å². The van der Waals surface area contributed by atoms with E-state index in [1.165, 1.54) is 29.8 Å². The zero-order chi connectivity index (χ0) is 14.7. The van der Waals surface area contributed by atoms with E-state index in [0.717, 1.165) is 25.3 Å². The first-order valence-corrected chi connectivity index (χ1v) is 7.56. The number of anilines is 1. The van der Waals surface area contributed by atoms with E-state index in [2.05, 4.69) is 49.1 Å². The molecule has 2 heterocycles. The second-order valence-corrected chi connectivity index (χ2v) is 6.12. The monoisotopic (exact) mass is 276 g/mol. The lowest BCUT2D eigenvalue weighted by atomic mass is 10.0. The zero-order valence-corrected chi connectivity index (χ0v) is 13.5. The van der Waals surface area contributed by atoms with E-state index in [1.54, 1.807) is 0 Å². The van der Waals surface area contributed by atoms with E-state index in [-0.39, 0.29) is 0 Å². The third-order valence-electron chi connectivity index (χ3n) is 4.23. The number of aryl methyl sites for hydroxylation is 2. The van der Waals surface area contributed by atoms with Crippen molar-refractivity contribution in [3.05, 3.63) is 22.9 Å². The molecule has 1 aliphatic rings. The summed E-state index contributed by atoms with van der Waals surface area (Å²) in [5.74, 6) is 1.18. The van der Waals surface area contributed by atoms with Gasteiger partial charge in [0.15, 0.2) is 0 Å². The highest BCUT2D eigenvalue weighted by Gasteiger charge is 2.24. The van der Waals surface area contributed by atoms with E-state index in [0.29, 0.717) is 6.04 Å². The van der Waals surface area contributed by atoms with Gasteiger partial charge in [0, 0.05) is 36.9 Å². The molecule has 112 valence electrons. The Labute approximate surface area is 123 Å². The maximum Gasteiger partial charge on any atom is 0.133 e. The van der Waals surface area contributed by atoms with Gasteiger partial charge in [0.1, 0.15) is 5.82 Å². The predicted molar refractivity (Wildman–Crippen MR) is 85.4 cm³/mol. The fourth-order valence-electron chi connectivity index (χ4n) is 3.07. The standard InChI is InChI=1S/C16H28N4/c1-12-9-13(2)18-16(15(12)10-17-3)20-8-6-7-14(11-20)19(4)5/h9,14,17H,6-8,10-11H2,1-5H3. The lowest BCUT2D eigenvalue weighted by Gasteiger charge is -2.38. The summed E-state index contributed by atoms with van der Waals surface area (Å²) in [5.41, 5.74) is 3.80. The molecule has 0 radical (unpaired) electrons. The van der Waals surface area contributed by atoms with Gasteiger partial charge in [-0.25, -0.2) is 4.98 Å². The van der Waals surface area contributed by atoms with Crippen LogP contribution >= 0.6 is 0 Å². The third-order valence-corrected chi connectivity index (χ3v) is 4.23. The summed E-state index contributed by atoms with van der Waals surface area (Å²) >= 11 is 0. The first-order chi connectivity index (χ1) is 9.52. The third kappa shape index (κ3) is 3.30. The van der Waals surface area contributed by atoms with Crippen molar-refractivity contribution >= 4 is 5.82 Å². The fraction of sp³-hybridized carbons (Fsp3) is 0.688. The van der Waals surface area contributed by atoms with Gasteiger partial charge >= 0.3 is 0 Å². The molecule has 2 rings (SSSR count). The molecule has 0 saturated carbocycles. The van der Waals surface area contributed by atoms with Crippen LogP contribution in [0.15, 0.2) is 6.07 Å². The summed E-state index contributed by atoms with van der Waals surface area (Å²) in [6, 6.07) is 2.82. The number of piperidine rings is 1. The Balaban J connectivity index is 2.30. The summed E-state index contributed by atoms with van der Waals surface area (Å²) in [6.45, 7) is 7.37. The number of nitrogens with one attached hydrogen (secondary N) is 1. The van der Waals surface area contributed by atoms with Gasteiger partial charge in [-0.05, 0) is 59.5 Å². The van der Waals surface area contributed by atoms with Gasteiger partial charge in [0.2, 0.25) is 0 Å². The average molecular weight is 276 g/mol. The Bertz CT molecular complexity index is 456. The Morgan fingerprint density at radius 3 is 2.80 bits per heavy atom. The van der Waals surface area contributed by atoms with Crippen LogP contribution in [0.2, 0.25) is 0 Å². The summed E-state index contributed by atoms with van der Waals surface area (Å²) in [7, 11) is 6.36. The predicted octanol–water partition coefficient (Wildman–Crippen LogP) is 1.95. The van der Waals surface area contributed by atoms with Crippen molar-refractivity contribution in [2.45, 2.75) is 39.3 Å². The Morgan fingerprint density at radius 2 is 2.15 bits per heavy atom. The van der Waals surface area contributed by atoms with Crippen LogP contribution in [0.3, 0.4) is 0 Å². The number of aromatic nitrogens is 1. The quantitative estimate of drug-likeness (QED) is 0.911. The molecule has 1 unspecified atom stereocenters. The van der Waals surface area contributed by atoms with Crippen LogP contribution in [-0.4, -0.2) is 50.2 Å². The van der Waals surface area contributed by atoms with E-state index in [1.807, 2.05) is 7.05 Å². The second kappa shape index (κ2) is 6.55. The fourth-order valence-corrected chi connectivity index (χ4v) is 3.07. The molecule has 1 fully saturated rings. The topological polar surface area (TPSA) is 31.4 Å². The highest BCUT2D eigenvalue weighted by Crippen LogP contribution is 2.26.